The van der Waals surface area contributed by atoms with Gasteiger partial charge in [-0.25, -0.2) is 0 Å². The van der Waals surface area contributed by atoms with Gasteiger partial charge in [0.1, 0.15) is 17.1 Å². The van der Waals surface area contributed by atoms with Crippen molar-refractivity contribution >= 4 is 39.1 Å². The molecule has 0 spiro atoms. The number of nitrogens with zero attached hydrogens (tertiary/aromatic N) is 2. The highest BCUT2D eigenvalue weighted by atomic mass is 35.5. The maximum atomic E-state index is 6.67. The zero-order valence-corrected chi connectivity index (χ0v) is 12.6. The van der Waals surface area contributed by atoms with Crippen LogP contribution in [0.4, 0.5) is 0 Å². The Labute approximate surface area is 118 Å². The highest BCUT2D eigenvalue weighted by Gasteiger charge is 2.35. The molecule has 5 heteroatoms. The molecule has 0 fully saturated rings. The van der Waals surface area contributed by atoms with Crippen LogP contribution in [-0.2, 0) is 14.1 Å². The minimum Gasteiger partial charge on any atom is -0.349 e. The summed E-state index contributed by atoms with van der Waals surface area (Å²) in [6.45, 7) is 4.15. The third-order valence-corrected chi connectivity index (χ3v) is 4.65. The fourth-order valence-corrected chi connectivity index (χ4v) is 3.26. The highest BCUT2D eigenvalue weighted by Crippen LogP contribution is 2.15. The normalized spacial score (nSPS) is 11.9. The van der Waals surface area contributed by atoms with Gasteiger partial charge in [-0.3, -0.25) is 9.13 Å². The SMILES string of the molecule is Cc1c(C)[n+](C)c([B-](Cl)(Cl)c2ccccc2)n1C. The largest absolute Gasteiger partial charge is 0.349 e. The molecule has 1 heterocycles. The Hall–Kier alpha value is -0.925. The molecule has 0 bridgehead atoms. The first-order valence-electron chi connectivity index (χ1n) is 5.96. The monoisotopic (exact) mass is 282 g/mol. The van der Waals surface area contributed by atoms with Gasteiger partial charge < -0.3 is 22.9 Å². The lowest BCUT2D eigenvalue weighted by atomic mass is 9.65. The van der Waals surface area contributed by atoms with Crippen LogP contribution in [0, 0.1) is 13.8 Å². The topological polar surface area (TPSA) is 8.81 Å². The summed E-state index contributed by atoms with van der Waals surface area (Å²) in [5, 5.41) is 0. The number of hydrogen-bond acceptors (Lipinski definition) is 0. The van der Waals surface area contributed by atoms with E-state index in [1.165, 1.54) is 11.4 Å². The zero-order chi connectivity index (χ0) is 13.5. The Balaban J connectivity index is 2.65. The number of halogens is 2. The fourth-order valence-electron chi connectivity index (χ4n) is 2.38. The van der Waals surface area contributed by atoms with Crippen LogP contribution in [0.5, 0.6) is 0 Å². The number of aromatic nitrogens is 2. The van der Waals surface area contributed by atoms with Crippen molar-refractivity contribution in [2.24, 2.45) is 14.1 Å². The van der Waals surface area contributed by atoms with Crippen molar-refractivity contribution in [3.63, 3.8) is 0 Å². The van der Waals surface area contributed by atoms with E-state index in [9.17, 15) is 0 Å². The summed E-state index contributed by atoms with van der Waals surface area (Å²) >= 11 is 13.3. The first-order chi connectivity index (χ1) is 8.37. The quantitative estimate of drug-likeness (QED) is 0.583. The van der Waals surface area contributed by atoms with Crippen LogP contribution < -0.4 is 15.8 Å². The number of rotatable bonds is 2. The number of imidazole rings is 1. The van der Waals surface area contributed by atoms with Gasteiger partial charge in [-0.15, -0.1) is 0 Å². The van der Waals surface area contributed by atoms with Crippen molar-refractivity contribution in [2.75, 3.05) is 0 Å². The molecule has 1 aromatic heterocycles. The number of hydrogen-bond donors (Lipinski definition) is 0. The molecule has 0 atom stereocenters. The highest BCUT2D eigenvalue weighted by molar-refractivity contribution is 7.55. The average molecular weight is 283 g/mol. The van der Waals surface area contributed by atoms with Crippen LogP contribution in [-0.4, -0.2) is 9.54 Å². The summed E-state index contributed by atoms with van der Waals surface area (Å²) in [5.74, 6) is 0. The Morgan fingerprint density at radius 1 is 1.11 bits per heavy atom. The van der Waals surface area contributed by atoms with E-state index in [2.05, 4.69) is 23.0 Å². The predicted molar refractivity (Wildman–Crippen MR) is 79.2 cm³/mol. The molecular weight excluding hydrogens is 266 g/mol. The molecule has 0 unspecified atom stereocenters. The molecule has 18 heavy (non-hydrogen) atoms. The van der Waals surface area contributed by atoms with E-state index in [1.54, 1.807) is 0 Å². The third kappa shape index (κ3) is 1.96. The van der Waals surface area contributed by atoms with Crippen LogP contribution in [0.25, 0.3) is 0 Å². The molecule has 2 rings (SSSR count). The van der Waals surface area contributed by atoms with E-state index >= 15 is 0 Å². The van der Waals surface area contributed by atoms with E-state index in [0.29, 0.717) is 0 Å². The van der Waals surface area contributed by atoms with E-state index in [-0.39, 0.29) is 0 Å². The first-order valence-corrected chi connectivity index (χ1v) is 6.84. The van der Waals surface area contributed by atoms with Gasteiger partial charge in [0.05, 0.1) is 14.1 Å². The van der Waals surface area contributed by atoms with Crippen molar-refractivity contribution in [2.45, 2.75) is 13.8 Å². The zero-order valence-electron chi connectivity index (χ0n) is 11.1. The maximum Gasteiger partial charge on any atom is 0.306 e. The van der Waals surface area contributed by atoms with E-state index in [0.717, 1.165) is 11.2 Å². The minimum atomic E-state index is -1.79. The first kappa shape index (κ1) is 13.5. The second-order valence-corrected chi connectivity index (χ2v) is 6.25. The molecule has 0 amide bonds. The van der Waals surface area contributed by atoms with Crippen LogP contribution in [0.3, 0.4) is 0 Å². The minimum absolute atomic E-state index is 0.930. The van der Waals surface area contributed by atoms with E-state index in [4.69, 9.17) is 22.9 Å². The average Bonchev–Trinajstić information content (AvgIpc) is 2.55. The lowest BCUT2D eigenvalue weighted by Crippen LogP contribution is -2.65. The lowest BCUT2D eigenvalue weighted by Gasteiger charge is -2.25. The van der Waals surface area contributed by atoms with Gasteiger partial charge in [-0.1, -0.05) is 30.3 Å². The predicted octanol–water partition coefficient (Wildman–Crippen LogP) is 1.50. The van der Waals surface area contributed by atoms with Gasteiger partial charge in [0.25, 0.3) is 0 Å². The Morgan fingerprint density at radius 3 is 2.11 bits per heavy atom. The molecule has 0 saturated carbocycles. The molecule has 0 aliphatic rings. The summed E-state index contributed by atoms with van der Waals surface area (Å²) in [6.07, 6.45) is 0. The molecule has 0 saturated heterocycles. The van der Waals surface area contributed by atoms with Crippen LogP contribution >= 0.6 is 22.9 Å². The molecule has 0 radical (unpaired) electrons. The van der Waals surface area contributed by atoms with Crippen molar-refractivity contribution in [3.05, 3.63) is 41.7 Å². The Bertz CT molecular complexity index is 551. The molecule has 0 aliphatic carbocycles. The number of benzene rings is 1. The van der Waals surface area contributed by atoms with Gasteiger partial charge in [0.2, 0.25) is 0 Å². The van der Waals surface area contributed by atoms with E-state index < -0.39 is 4.98 Å². The smallest absolute Gasteiger partial charge is 0.306 e. The van der Waals surface area contributed by atoms with Crippen LogP contribution in [0.2, 0.25) is 0 Å². The molecule has 0 aliphatic heterocycles. The molecule has 96 valence electrons. The van der Waals surface area contributed by atoms with Crippen molar-refractivity contribution in [1.29, 1.82) is 0 Å². The van der Waals surface area contributed by atoms with E-state index in [1.807, 2.05) is 44.4 Å². The third-order valence-electron chi connectivity index (χ3n) is 3.76. The summed E-state index contributed by atoms with van der Waals surface area (Å²) in [6, 6.07) is 9.82. The van der Waals surface area contributed by atoms with Gasteiger partial charge in [0, 0.05) is 13.8 Å². The fraction of sp³-hybridized carbons (Fsp3) is 0.308. The second kappa shape index (κ2) is 4.63. The standard InChI is InChI=1S/C13H17BCl2N2/c1-10-11(2)18(4)13(17(10)3)14(15,16)12-8-6-5-7-9-12/h5-9H,1-4H3. The van der Waals surface area contributed by atoms with Gasteiger partial charge in [-0.05, 0) is 0 Å². The summed E-state index contributed by atoms with van der Waals surface area (Å²) < 4.78 is 4.14. The summed E-state index contributed by atoms with van der Waals surface area (Å²) in [4.78, 5) is -1.79. The van der Waals surface area contributed by atoms with Gasteiger partial charge >= 0.3 is 4.98 Å². The van der Waals surface area contributed by atoms with Crippen molar-refractivity contribution < 1.29 is 4.57 Å². The molecule has 2 aromatic rings. The summed E-state index contributed by atoms with van der Waals surface area (Å²) in [5.41, 5.74) is 4.23. The van der Waals surface area contributed by atoms with Crippen LogP contribution in [0.1, 0.15) is 11.4 Å². The van der Waals surface area contributed by atoms with Crippen molar-refractivity contribution in [3.8, 4) is 0 Å². The lowest BCUT2D eigenvalue weighted by molar-refractivity contribution is -0.659. The summed E-state index contributed by atoms with van der Waals surface area (Å²) in [7, 11) is 4.00. The molecular formula is C13H17BCl2N2. The van der Waals surface area contributed by atoms with Gasteiger partial charge in [0.15, 0.2) is 0 Å². The molecule has 0 N–H and O–H groups in total. The Kier molecular flexibility index (Phi) is 3.48. The van der Waals surface area contributed by atoms with Crippen molar-refractivity contribution in [1.82, 2.24) is 4.57 Å². The maximum absolute atomic E-state index is 6.67. The Morgan fingerprint density at radius 2 is 1.67 bits per heavy atom. The second-order valence-electron chi connectivity index (χ2n) is 4.72. The van der Waals surface area contributed by atoms with Gasteiger partial charge in [-0.2, -0.15) is 5.46 Å². The molecule has 1 aromatic carbocycles. The van der Waals surface area contributed by atoms with Crippen LogP contribution in [0.15, 0.2) is 30.3 Å². The molecule has 2 nitrogen and oxygen atoms in total.